The first-order chi connectivity index (χ1) is 6.15. The highest BCUT2D eigenvalue weighted by atomic mass is 17.1. The molecule has 0 heterocycles. The fourth-order valence-corrected chi connectivity index (χ4v) is 2.50. The largest absolute Gasteiger partial charge is 0.463 e. The van der Waals surface area contributed by atoms with Crippen molar-refractivity contribution in [3.8, 4) is 0 Å². The van der Waals surface area contributed by atoms with Gasteiger partial charge in [-0.2, -0.15) is 4.58 Å². The highest BCUT2D eigenvalue weighted by Gasteiger charge is 2.32. The molecule has 1 aliphatic rings. The van der Waals surface area contributed by atoms with Gasteiger partial charge in [0.15, 0.2) is 0 Å². The van der Waals surface area contributed by atoms with Crippen LogP contribution in [0, 0.1) is 23.7 Å². The molecule has 0 radical (unpaired) electrons. The zero-order valence-electron chi connectivity index (χ0n) is 8.82. The standard InChI is InChI=1S/C11H20O2/c1-8(2)11-5-4-9(3)6-10(11)7-13-12/h7-11H,4-6H2,1-3H3. The third-order valence-corrected chi connectivity index (χ3v) is 3.30. The lowest BCUT2D eigenvalue weighted by Gasteiger charge is -2.32. The number of hydrogen-bond donors (Lipinski definition) is 0. The summed E-state index contributed by atoms with van der Waals surface area (Å²) in [6.07, 6.45) is 5.15. The predicted molar refractivity (Wildman–Crippen MR) is 50.9 cm³/mol. The molecule has 0 spiro atoms. The van der Waals surface area contributed by atoms with Gasteiger partial charge in [0.2, 0.25) is 0 Å². The summed E-state index contributed by atoms with van der Waals surface area (Å²) in [7, 11) is 0. The molecule has 0 saturated heterocycles. The van der Waals surface area contributed by atoms with Gasteiger partial charge >= 0.3 is 6.29 Å². The molecule has 1 fully saturated rings. The van der Waals surface area contributed by atoms with Crippen LogP contribution in [0.3, 0.4) is 0 Å². The highest BCUT2D eigenvalue weighted by Crippen LogP contribution is 2.36. The maximum atomic E-state index is 10.1. The van der Waals surface area contributed by atoms with Crippen LogP contribution in [-0.2, 0) is 4.58 Å². The average Bonchev–Trinajstić information content (AvgIpc) is 2.04. The molecule has 1 saturated carbocycles. The second-order valence-electron chi connectivity index (χ2n) is 4.72. The first-order valence-corrected chi connectivity index (χ1v) is 5.27. The first-order valence-electron chi connectivity index (χ1n) is 5.27. The van der Waals surface area contributed by atoms with Crippen molar-refractivity contribution in [2.75, 3.05) is 0 Å². The molecule has 0 aromatic rings. The van der Waals surface area contributed by atoms with Gasteiger partial charge in [0.25, 0.3) is 0 Å². The summed E-state index contributed by atoms with van der Waals surface area (Å²) in [5.41, 5.74) is 0. The maximum Gasteiger partial charge on any atom is 0.321 e. The van der Waals surface area contributed by atoms with Gasteiger partial charge < -0.3 is 5.26 Å². The van der Waals surface area contributed by atoms with Gasteiger partial charge in [-0.05, 0) is 30.6 Å². The number of rotatable bonds is 2. The van der Waals surface area contributed by atoms with Gasteiger partial charge in [-0.3, -0.25) is 0 Å². The highest BCUT2D eigenvalue weighted by molar-refractivity contribution is 5.54. The predicted octanol–water partition coefficient (Wildman–Crippen LogP) is 1.70. The van der Waals surface area contributed by atoms with Crippen LogP contribution in [0.2, 0.25) is 0 Å². The molecule has 2 nitrogen and oxygen atoms in total. The normalized spacial score (nSPS) is 35.8. The van der Waals surface area contributed by atoms with Crippen molar-refractivity contribution in [1.82, 2.24) is 0 Å². The lowest BCUT2D eigenvalue weighted by Crippen LogP contribution is -2.29. The van der Waals surface area contributed by atoms with Crippen LogP contribution in [0.4, 0.5) is 0 Å². The quantitative estimate of drug-likeness (QED) is 0.278. The van der Waals surface area contributed by atoms with Crippen LogP contribution < -0.4 is 5.26 Å². The second kappa shape index (κ2) is 4.64. The summed E-state index contributed by atoms with van der Waals surface area (Å²) >= 11 is 0. The van der Waals surface area contributed by atoms with Crippen molar-refractivity contribution in [3.63, 3.8) is 0 Å². The topological polar surface area (TPSA) is 34.4 Å². The number of hydrogen-bond acceptors (Lipinski definition) is 1. The summed E-state index contributed by atoms with van der Waals surface area (Å²) in [5, 5.41) is 10.1. The maximum absolute atomic E-state index is 10.1. The SMILES string of the molecule is CC1CCC(C(C)C)C(C=[O+][O-])C1. The van der Waals surface area contributed by atoms with E-state index in [0.717, 1.165) is 12.3 Å². The Labute approximate surface area is 80.6 Å². The van der Waals surface area contributed by atoms with Crippen molar-refractivity contribution >= 4 is 6.29 Å². The minimum Gasteiger partial charge on any atom is -0.463 e. The van der Waals surface area contributed by atoms with Crippen molar-refractivity contribution in [2.45, 2.75) is 40.0 Å². The Morgan fingerprint density at radius 1 is 1.38 bits per heavy atom. The van der Waals surface area contributed by atoms with Gasteiger partial charge in [-0.15, -0.1) is 0 Å². The molecule has 0 aliphatic heterocycles. The van der Waals surface area contributed by atoms with E-state index in [2.05, 4.69) is 25.3 Å². The fourth-order valence-electron chi connectivity index (χ4n) is 2.50. The van der Waals surface area contributed by atoms with Crippen molar-refractivity contribution in [3.05, 3.63) is 0 Å². The summed E-state index contributed by atoms with van der Waals surface area (Å²) < 4.78 is 3.94. The van der Waals surface area contributed by atoms with Crippen LogP contribution in [0.1, 0.15) is 40.0 Å². The van der Waals surface area contributed by atoms with Crippen LogP contribution in [0.25, 0.3) is 0 Å². The molecule has 3 atom stereocenters. The molecule has 2 heteroatoms. The molecule has 0 aromatic heterocycles. The van der Waals surface area contributed by atoms with E-state index in [1.807, 2.05) is 0 Å². The summed E-state index contributed by atoms with van der Waals surface area (Å²) in [5.74, 6) is 2.42. The van der Waals surface area contributed by atoms with Crippen molar-refractivity contribution in [1.29, 1.82) is 0 Å². The summed E-state index contributed by atoms with van der Waals surface area (Å²) in [6.45, 7) is 6.71. The molecular formula is C11H20O2. The molecule has 1 rings (SSSR count). The van der Waals surface area contributed by atoms with Gasteiger partial charge in [0, 0.05) is 0 Å². The molecule has 0 bridgehead atoms. The zero-order valence-corrected chi connectivity index (χ0v) is 8.82. The van der Waals surface area contributed by atoms with Gasteiger partial charge in [-0.25, -0.2) is 0 Å². The molecule has 0 N–H and O–H groups in total. The molecule has 1 aliphatic carbocycles. The van der Waals surface area contributed by atoms with Crippen LogP contribution >= 0.6 is 0 Å². The average molecular weight is 184 g/mol. The molecule has 0 amide bonds. The molecular weight excluding hydrogens is 164 g/mol. The van der Waals surface area contributed by atoms with E-state index < -0.39 is 0 Å². The van der Waals surface area contributed by atoms with Gasteiger partial charge in [0.1, 0.15) is 0 Å². The lowest BCUT2D eigenvalue weighted by atomic mass is 9.71. The minimum atomic E-state index is 0.376. The lowest BCUT2D eigenvalue weighted by molar-refractivity contribution is -1.04. The number of carbonyl (C=O) groups excluding carboxylic acids is 1. The van der Waals surface area contributed by atoms with Gasteiger partial charge in [-0.1, -0.05) is 27.2 Å². The van der Waals surface area contributed by atoms with E-state index in [1.54, 1.807) is 0 Å². The smallest absolute Gasteiger partial charge is 0.321 e. The van der Waals surface area contributed by atoms with E-state index in [4.69, 9.17) is 0 Å². The second-order valence-corrected chi connectivity index (χ2v) is 4.72. The van der Waals surface area contributed by atoms with Crippen LogP contribution in [0.15, 0.2) is 0 Å². The zero-order chi connectivity index (χ0) is 9.84. The molecule has 3 unspecified atom stereocenters. The Hall–Kier alpha value is -0.530. The Bertz CT molecular complexity index is 175. The monoisotopic (exact) mass is 184 g/mol. The molecule has 13 heavy (non-hydrogen) atoms. The third-order valence-electron chi connectivity index (χ3n) is 3.30. The van der Waals surface area contributed by atoms with E-state index in [0.29, 0.717) is 17.8 Å². The minimum absolute atomic E-state index is 0.376. The van der Waals surface area contributed by atoms with E-state index in [-0.39, 0.29) is 0 Å². The van der Waals surface area contributed by atoms with Gasteiger partial charge in [0.05, 0.1) is 5.92 Å². The summed E-state index contributed by atoms with van der Waals surface area (Å²) in [6, 6.07) is 0. The van der Waals surface area contributed by atoms with E-state index >= 15 is 0 Å². The molecule has 0 aromatic carbocycles. The van der Waals surface area contributed by atoms with E-state index in [1.165, 1.54) is 19.1 Å². The van der Waals surface area contributed by atoms with Crippen molar-refractivity contribution < 1.29 is 9.83 Å². The Balaban J connectivity index is 2.60. The number of aldehydes is 1. The Kier molecular flexibility index (Phi) is 3.76. The van der Waals surface area contributed by atoms with Crippen molar-refractivity contribution in [2.24, 2.45) is 23.7 Å². The summed E-state index contributed by atoms with van der Waals surface area (Å²) in [4.78, 5) is 0. The Morgan fingerprint density at radius 2 is 2.08 bits per heavy atom. The molecule has 76 valence electrons. The van der Waals surface area contributed by atoms with Crippen LogP contribution in [-0.4, -0.2) is 6.29 Å². The third kappa shape index (κ3) is 2.71. The van der Waals surface area contributed by atoms with Crippen LogP contribution in [0.5, 0.6) is 0 Å². The Morgan fingerprint density at radius 3 is 2.62 bits per heavy atom. The van der Waals surface area contributed by atoms with E-state index in [9.17, 15) is 5.26 Å². The fraction of sp³-hybridized carbons (Fsp3) is 0.909. The first kappa shape index (κ1) is 10.6.